The van der Waals surface area contributed by atoms with Crippen LogP contribution in [0, 0.1) is 5.41 Å². The van der Waals surface area contributed by atoms with E-state index in [1.807, 2.05) is 4.90 Å². The zero-order chi connectivity index (χ0) is 14.3. The molecule has 0 atom stereocenters. The van der Waals surface area contributed by atoms with Crippen LogP contribution in [0.1, 0.15) is 29.6 Å². The second kappa shape index (κ2) is 5.14. The second-order valence-electron chi connectivity index (χ2n) is 6.74. The largest absolute Gasteiger partial charge is 0.472 e. The quantitative estimate of drug-likeness (QED) is 0.830. The van der Waals surface area contributed by atoms with Gasteiger partial charge in [0.1, 0.15) is 6.26 Å². The van der Waals surface area contributed by atoms with Crippen LogP contribution in [0.2, 0.25) is 0 Å². The number of likely N-dealkylation sites (tertiary alicyclic amines) is 2. The Morgan fingerprint density at radius 2 is 2.05 bits per heavy atom. The molecule has 3 fully saturated rings. The fraction of sp³-hybridized carbons (Fsp3) is 0.688. The van der Waals surface area contributed by atoms with E-state index in [4.69, 9.17) is 9.15 Å². The summed E-state index contributed by atoms with van der Waals surface area (Å²) in [7, 11) is 0. The highest BCUT2D eigenvalue weighted by atomic mass is 16.5. The molecule has 5 heteroatoms. The van der Waals surface area contributed by atoms with Crippen molar-refractivity contribution in [2.24, 2.45) is 5.41 Å². The minimum atomic E-state index is 0.116. The van der Waals surface area contributed by atoms with Crippen LogP contribution < -0.4 is 0 Å². The zero-order valence-corrected chi connectivity index (χ0v) is 12.3. The Balaban J connectivity index is 1.34. The number of hydrogen-bond acceptors (Lipinski definition) is 4. The Hall–Kier alpha value is -1.33. The summed E-state index contributed by atoms with van der Waals surface area (Å²) in [5.41, 5.74) is 1.02. The summed E-state index contributed by atoms with van der Waals surface area (Å²) in [5, 5.41) is 0. The molecule has 1 aromatic heterocycles. The minimum absolute atomic E-state index is 0.116. The van der Waals surface area contributed by atoms with Crippen molar-refractivity contribution in [1.82, 2.24) is 9.80 Å². The first-order chi connectivity index (χ1) is 10.3. The van der Waals surface area contributed by atoms with E-state index in [-0.39, 0.29) is 5.91 Å². The van der Waals surface area contributed by atoms with Crippen molar-refractivity contribution in [3.63, 3.8) is 0 Å². The molecule has 4 heterocycles. The van der Waals surface area contributed by atoms with Gasteiger partial charge in [0.05, 0.1) is 11.8 Å². The van der Waals surface area contributed by atoms with Crippen LogP contribution in [0.4, 0.5) is 0 Å². The molecular weight excluding hydrogens is 268 g/mol. The van der Waals surface area contributed by atoms with Crippen molar-refractivity contribution in [2.75, 3.05) is 39.4 Å². The number of carbonyl (C=O) groups excluding carboxylic acids is 1. The molecule has 0 aliphatic carbocycles. The van der Waals surface area contributed by atoms with E-state index in [1.54, 1.807) is 18.6 Å². The van der Waals surface area contributed by atoms with Gasteiger partial charge in [-0.3, -0.25) is 9.69 Å². The summed E-state index contributed by atoms with van der Waals surface area (Å²) in [4.78, 5) is 16.9. The average molecular weight is 290 g/mol. The third-order valence-corrected chi connectivity index (χ3v) is 5.28. The van der Waals surface area contributed by atoms with E-state index in [9.17, 15) is 4.79 Å². The van der Waals surface area contributed by atoms with Gasteiger partial charge in [-0.05, 0) is 25.3 Å². The maximum Gasteiger partial charge on any atom is 0.257 e. The van der Waals surface area contributed by atoms with Crippen molar-refractivity contribution in [3.05, 3.63) is 24.2 Å². The summed E-state index contributed by atoms with van der Waals surface area (Å²) in [6.45, 7) is 5.88. The molecule has 0 radical (unpaired) electrons. The number of amides is 1. The van der Waals surface area contributed by atoms with E-state index >= 15 is 0 Å². The highest BCUT2D eigenvalue weighted by molar-refractivity contribution is 5.94. The third kappa shape index (κ3) is 2.38. The smallest absolute Gasteiger partial charge is 0.257 e. The summed E-state index contributed by atoms with van der Waals surface area (Å²) in [6.07, 6.45) is 6.57. The van der Waals surface area contributed by atoms with Gasteiger partial charge in [0.2, 0.25) is 0 Å². The molecule has 1 aromatic rings. The van der Waals surface area contributed by atoms with E-state index in [0.29, 0.717) is 17.0 Å². The van der Waals surface area contributed by atoms with Gasteiger partial charge in [-0.15, -0.1) is 0 Å². The molecule has 3 aliphatic rings. The molecular formula is C16H22N2O3. The highest BCUT2D eigenvalue weighted by Crippen LogP contribution is 2.42. The Kier molecular flexibility index (Phi) is 3.27. The lowest BCUT2D eigenvalue weighted by Gasteiger charge is -2.52. The van der Waals surface area contributed by atoms with Gasteiger partial charge in [-0.2, -0.15) is 0 Å². The maximum atomic E-state index is 12.4. The molecule has 0 N–H and O–H groups in total. The van der Waals surface area contributed by atoms with Crippen LogP contribution in [0.25, 0.3) is 0 Å². The number of ether oxygens (including phenoxy) is 1. The van der Waals surface area contributed by atoms with E-state index in [0.717, 1.165) is 58.7 Å². The molecule has 0 saturated carbocycles. The van der Waals surface area contributed by atoms with Gasteiger partial charge < -0.3 is 14.1 Å². The molecule has 0 aromatic carbocycles. The zero-order valence-electron chi connectivity index (χ0n) is 12.3. The van der Waals surface area contributed by atoms with Crippen molar-refractivity contribution >= 4 is 5.91 Å². The van der Waals surface area contributed by atoms with Crippen LogP contribution >= 0.6 is 0 Å². The van der Waals surface area contributed by atoms with Crippen LogP contribution in [0.15, 0.2) is 23.0 Å². The SMILES string of the molecule is O=C(c1ccoc1)N1CCC2(C1)CN(C1CCOCC1)C2. The number of rotatable bonds is 2. The Labute approximate surface area is 124 Å². The summed E-state index contributed by atoms with van der Waals surface area (Å²) in [5.74, 6) is 0.116. The van der Waals surface area contributed by atoms with Crippen LogP contribution in [0.5, 0.6) is 0 Å². The molecule has 4 rings (SSSR count). The first kappa shape index (κ1) is 13.3. The topological polar surface area (TPSA) is 45.9 Å². The summed E-state index contributed by atoms with van der Waals surface area (Å²) < 4.78 is 10.5. The first-order valence-electron chi connectivity index (χ1n) is 7.89. The molecule has 0 unspecified atom stereocenters. The lowest BCUT2D eigenvalue weighted by Crippen LogP contribution is -2.61. The monoisotopic (exact) mass is 290 g/mol. The predicted octanol–water partition coefficient (Wildman–Crippen LogP) is 1.61. The van der Waals surface area contributed by atoms with Crippen LogP contribution in [-0.4, -0.2) is 61.1 Å². The average Bonchev–Trinajstić information content (AvgIpc) is 3.15. The standard InChI is InChI=1S/C16H22N2O3/c19-15(13-1-6-21-9-13)17-5-4-16(10-17)11-18(12-16)14-2-7-20-8-3-14/h1,6,9,14H,2-5,7-8,10-12H2. The van der Waals surface area contributed by atoms with Crippen LogP contribution in [0.3, 0.4) is 0 Å². The molecule has 3 aliphatic heterocycles. The molecule has 21 heavy (non-hydrogen) atoms. The fourth-order valence-electron chi connectivity index (χ4n) is 4.06. The molecule has 114 valence electrons. The lowest BCUT2D eigenvalue weighted by molar-refractivity contribution is -0.0584. The van der Waals surface area contributed by atoms with Gasteiger partial charge in [-0.25, -0.2) is 0 Å². The molecule has 0 bridgehead atoms. The first-order valence-corrected chi connectivity index (χ1v) is 7.89. The molecule has 3 saturated heterocycles. The van der Waals surface area contributed by atoms with Gasteiger partial charge in [0.15, 0.2) is 0 Å². The number of carbonyl (C=O) groups is 1. The Morgan fingerprint density at radius 1 is 1.24 bits per heavy atom. The van der Waals surface area contributed by atoms with Crippen molar-refractivity contribution in [1.29, 1.82) is 0 Å². The normalized spacial score (nSPS) is 26.2. The minimum Gasteiger partial charge on any atom is -0.472 e. The van der Waals surface area contributed by atoms with E-state index in [2.05, 4.69) is 4.90 Å². The fourth-order valence-corrected chi connectivity index (χ4v) is 4.06. The van der Waals surface area contributed by atoms with Gasteiger partial charge >= 0.3 is 0 Å². The maximum absolute atomic E-state index is 12.4. The van der Waals surface area contributed by atoms with Gasteiger partial charge in [-0.1, -0.05) is 0 Å². The van der Waals surface area contributed by atoms with E-state index in [1.165, 1.54) is 0 Å². The molecule has 1 spiro atoms. The van der Waals surface area contributed by atoms with Crippen molar-refractivity contribution < 1.29 is 13.9 Å². The van der Waals surface area contributed by atoms with Crippen LogP contribution in [-0.2, 0) is 4.74 Å². The third-order valence-electron chi connectivity index (χ3n) is 5.28. The number of hydrogen-bond donors (Lipinski definition) is 0. The van der Waals surface area contributed by atoms with Crippen molar-refractivity contribution in [3.8, 4) is 0 Å². The predicted molar refractivity (Wildman–Crippen MR) is 77.1 cm³/mol. The highest BCUT2D eigenvalue weighted by Gasteiger charge is 2.50. The number of furan rings is 1. The molecule has 5 nitrogen and oxygen atoms in total. The lowest BCUT2D eigenvalue weighted by atomic mass is 9.77. The summed E-state index contributed by atoms with van der Waals surface area (Å²) >= 11 is 0. The van der Waals surface area contributed by atoms with Gasteiger partial charge in [0, 0.05) is 50.8 Å². The number of nitrogens with zero attached hydrogens (tertiary/aromatic N) is 2. The summed E-state index contributed by atoms with van der Waals surface area (Å²) in [6, 6.07) is 2.45. The second-order valence-corrected chi connectivity index (χ2v) is 6.74. The Morgan fingerprint density at radius 3 is 2.76 bits per heavy atom. The van der Waals surface area contributed by atoms with Crippen molar-refractivity contribution in [2.45, 2.75) is 25.3 Å². The Bertz CT molecular complexity index is 502. The van der Waals surface area contributed by atoms with E-state index < -0.39 is 0 Å². The molecule has 1 amide bonds. The van der Waals surface area contributed by atoms with Gasteiger partial charge in [0.25, 0.3) is 5.91 Å².